The highest BCUT2D eigenvalue weighted by atomic mass is 32.1. The van der Waals surface area contributed by atoms with E-state index in [1.807, 2.05) is 0 Å². The van der Waals surface area contributed by atoms with Crippen LogP contribution in [0.15, 0.2) is 11.6 Å². The minimum atomic E-state index is -4.66. The van der Waals surface area contributed by atoms with Crippen LogP contribution < -0.4 is 5.32 Å². The number of thiazole rings is 1. The number of hydrogen-bond donors (Lipinski definition) is 2. The molecule has 1 aromatic heterocycles. The number of aromatic nitrogens is 1. The molecule has 1 heterocycles. The van der Waals surface area contributed by atoms with Crippen LogP contribution in [-0.2, 0) is 0 Å². The summed E-state index contributed by atoms with van der Waals surface area (Å²) in [5, 5.41) is 11.8. The quantitative estimate of drug-likeness (QED) is 0.706. The van der Waals surface area contributed by atoms with Crippen molar-refractivity contribution < 1.29 is 18.3 Å². The van der Waals surface area contributed by atoms with E-state index in [1.165, 1.54) is 11.6 Å². The highest BCUT2D eigenvalue weighted by Gasteiger charge is 2.38. The minimum absolute atomic E-state index is 0.0415. The fourth-order valence-electron chi connectivity index (χ4n) is 0.494. The van der Waals surface area contributed by atoms with Crippen LogP contribution in [0.2, 0.25) is 0 Å². The third-order valence-electron chi connectivity index (χ3n) is 1.00. The Labute approximate surface area is 69.9 Å². The summed E-state index contributed by atoms with van der Waals surface area (Å²) >= 11 is 0.985. The molecule has 12 heavy (non-hydrogen) atoms. The molecule has 0 amide bonds. The first-order chi connectivity index (χ1) is 5.50. The zero-order chi connectivity index (χ0) is 9.19. The fraction of sp³-hybridized carbons (Fsp3) is 0.400. The lowest BCUT2D eigenvalue weighted by molar-refractivity contribution is -0.194. The molecule has 0 unspecified atom stereocenters. The zero-order valence-corrected chi connectivity index (χ0v) is 6.49. The molecule has 0 aliphatic carbocycles. The molecule has 7 heteroatoms. The molecular weight excluding hydrogens is 193 g/mol. The van der Waals surface area contributed by atoms with Crippen LogP contribution in [-0.4, -0.2) is 22.5 Å². The Morgan fingerprint density at radius 1 is 1.58 bits per heavy atom. The number of aliphatic hydroxyl groups is 1. The van der Waals surface area contributed by atoms with Gasteiger partial charge in [-0.3, -0.25) is 0 Å². The van der Waals surface area contributed by atoms with Gasteiger partial charge in [0.2, 0.25) is 6.23 Å². The van der Waals surface area contributed by atoms with E-state index < -0.39 is 12.4 Å². The molecular formula is C5H5F3N2OS. The molecule has 0 aliphatic heterocycles. The van der Waals surface area contributed by atoms with E-state index in [4.69, 9.17) is 5.11 Å². The second-order valence-corrected chi connectivity index (χ2v) is 2.82. The first-order valence-corrected chi connectivity index (χ1v) is 3.79. The Morgan fingerprint density at radius 2 is 2.25 bits per heavy atom. The SMILES string of the molecule is O[C@H](Nc1nccs1)C(F)(F)F. The molecule has 0 aromatic carbocycles. The first-order valence-electron chi connectivity index (χ1n) is 2.91. The van der Waals surface area contributed by atoms with E-state index >= 15 is 0 Å². The number of alkyl halides is 3. The molecule has 2 N–H and O–H groups in total. The molecule has 0 aliphatic rings. The summed E-state index contributed by atoms with van der Waals surface area (Å²) in [4.78, 5) is 3.52. The van der Waals surface area contributed by atoms with Crippen LogP contribution in [0.1, 0.15) is 0 Å². The Morgan fingerprint density at radius 3 is 2.67 bits per heavy atom. The van der Waals surface area contributed by atoms with Gasteiger partial charge in [-0.05, 0) is 0 Å². The molecule has 3 nitrogen and oxygen atoms in total. The van der Waals surface area contributed by atoms with E-state index in [1.54, 1.807) is 5.32 Å². The molecule has 0 fully saturated rings. The van der Waals surface area contributed by atoms with Crippen molar-refractivity contribution in [2.24, 2.45) is 0 Å². The average molecular weight is 198 g/mol. The summed E-state index contributed by atoms with van der Waals surface area (Å²) in [6.45, 7) is 0. The molecule has 1 atom stereocenters. The second kappa shape index (κ2) is 3.28. The van der Waals surface area contributed by atoms with Crippen LogP contribution in [0, 0.1) is 0 Å². The number of nitrogens with zero attached hydrogens (tertiary/aromatic N) is 1. The lowest BCUT2D eigenvalue weighted by Gasteiger charge is -2.14. The Kier molecular flexibility index (Phi) is 2.53. The van der Waals surface area contributed by atoms with Crippen LogP contribution in [0.5, 0.6) is 0 Å². The molecule has 0 radical (unpaired) electrons. The second-order valence-electron chi connectivity index (χ2n) is 1.93. The predicted octanol–water partition coefficient (Wildman–Crippen LogP) is 1.44. The molecule has 68 valence electrons. The standard InChI is InChI=1S/C5H5F3N2OS/c6-5(7,8)3(11)10-4-9-1-2-12-4/h1-3,11H,(H,9,10)/t3-/m0/s1. The molecule has 0 spiro atoms. The van der Waals surface area contributed by atoms with Crippen LogP contribution in [0.3, 0.4) is 0 Å². The maximum Gasteiger partial charge on any atom is 0.433 e. The first kappa shape index (κ1) is 9.27. The van der Waals surface area contributed by atoms with Crippen molar-refractivity contribution in [3.63, 3.8) is 0 Å². The highest BCUT2D eigenvalue weighted by Crippen LogP contribution is 2.22. The number of hydrogen-bond acceptors (Lipinski definition) is 4. The van der Waals surface area contributed by atoms with Gasteiger partial charge >= 0.3 is 6.18 Å². The molecule has 1 aromatic rings. The van der Waals surface area contributed by atoms with Crippen molar-refractivity contribution in [1.82, 2.24) is 4.98 Å². The Bertz CT molecular complexity index is 235. The maximum atomic E-state index is 11.7. The largest absolute Gasteiger partial charge is 0.433 e. The third-order valence-corrected chi connectivity index (χ3v) is 1.71. The van der Waals surface area contributed by atoms with Crippen LogP contribution >= 0.6 is 11.3 Å². The fourth-order valence-corrected chi connectivity index (χ4v) is 1.05. The van der Waals surface area contributed by atoms with Crippen molar-refractivity contribution in [2.45, 2.75) is 12.4 Å². The highest BCUT2D eigenvalue weighted by molar-refractivity contribution is 7.13. The van der Waals surface area contributed by atoms with Crippen molar-refractivity contribution in [1.29, 1.82) is 0 Å². The van der Waals surface area contributed by atoms with Gasteiger partial charge < -0.3 is 10.4 Å². The van der Waals surface area contributed by atoms with Crippen LogP contribution in [0.4, 0.5) is 18.3 Å². The van der Waals surface area contributed by atoms with Gasteiger partial charge in [0.1, 0.15) is 0 Å². The normalized spacial score (nSPS) is 14.3. The number of aliphatic hydroxyl groups excluding tert-OH is 1. The van der Waals surface area contributed by atoms with E-state index in [2.05, 4.69) is 4.98 Å². The Hall–Kier alpha value is -0.820. The summed E-state index contributed by atoms with van der Waals surface area (Å²) in [6.07, 6.45) is -5.87. The van der Waals surface area contributed by atoms with E-state index in [0.29, 0.717) is 0 Å². The monoisotopic (exact) mass is 198 g/mol. The van der Waals surface area contributed by atoms with Gasteiger partial charge in [0, 0.05) is 11.6 Å². The molecule has 1 rings (SSSR count). The molecule has 0 saturated carbocycles. The van der Waals surface area contributed by atoms with E-state index in [-0.39, 0.29) is 5.13 Å². The van der Waals surface area contributed by atoms with Gasteiger partial charge in [0.25, 0.3) is 0 Å². The smallest absolute Gasteiger partial charge is 0.366 e. The van der Waals surface area contributed by atoms with E-state index in [0.717, 1.165) is 11.3 Å². The lowest BCUT2D eigenvalue weighted by atomic mass is 10.5. The van der Waals surface area contributed by atoms with Crippen molar-refractivity contribution >= 4 is 16.5 Å². The van der Waals surface area contributed by atoms with Crippen molar-refractivity contribution in [3.8, 4) is 0 Å². The number of halogens is 3. The molecule has 0 saturated heterocycles. The Balaban J connectivity index is 2.53. The van der Waals surface area contributed by atoms with Crippen LogP contribution in [0.25, 0.3) is 0 Å². The van der Waals surface area contributed by atoms with Gasteiger partial charge in [-0.2, -0.15) is 13.2 Å². The number of nitrogens with one attached hydrogen (secondary N) is 1. The van der Waals surface area contributed by atoms with Gasteiger partial charge in [0.15, 0.2) is 5.13 Å². The lowest BCUT2D eigenvalue weighted by Crippen LogP contribution is -2.35. The van der Waals surface area contributed by atoms with Gasteiger partial charge in [-0.25, -0.2) is 4.98 Å². The topological polar surface area (TPSA) is 45.1 Å². The summed E-state index contributed by atoms with van der Waals surface area (Å²) in [5.41, 5.74) is 0. The third kappa shape index (κ3) is 2.35. The van der Waals surface area contributed by atoms with Gasteiger partial charge in [-0.1, -0.05) is 0 Å². The van der Waals surface area contributed by atoms with Gasteiger partial charge in [0.05, 0.1) is 0 Å². The van der Waals surface area contributed by atoms with Crippen molar-refractivity contribution in [2.75, 3.05) is 5.32 Å². The summed E-state index contributed by atoms with van der Waals surface area (Å²) in [5.74, 6) is 0. The average Bonchev–Trinajstić information content (AvgIpc) is 2.37. The summed E-state index contributed by atoms with van der Waals surface area (Å²) in [6, 6.07) is 0. The van der Waals surface area contributed by atoms with Gasteiger partial charge in [-0.15, -0.1) is 11.3 Å². The van der Waals surface area contributed by atoms with Crippen molar-refractivity contribution in [3.05, 3.63) is 11.6 Å². The zero-order valence-electron chi connectivity index (χ0n) is 5.67. The summed E-state index contributed by atoms with van der Waals surface area (Å²) < 4.78 is 35.1. The predicted molar refractivity (Wildman–Crippen MR) is 37.8 cm³/mol. The van der Waals surface area contributed by atoms with E-state index in [9.17, 15) is 13.2 Å². The maximum absolute atomic E-state index is 11.7. The molecule has 0 bridgehead atoms. The number of anilines is 1. The summed E-state index contributed by atoms with van der Waals surface area (Å²) in [7, 11) is 0. The minimum Gasteiger partial charge on any atom is -0.366 e. The number of rotatable bonds is 2.